The van der Waals surface area contributed by atoms with E-state index in [-0.39, 0.29) is 12.2 Å². The van der Waals surface area contributed by atoms with Gasteiger partial charge in [0.1, 0.15) is 11.9 Å². The number of methoxy groups -OCH3 is 1. The molecule has 18 heavy (non-hydrogen) atoms. The molecule has 1 atom stereocenters. The average molecular weight is 274 g/mol. The van der Waals surface area contributed by atoms with Crippen LogP contribution < -0.4 is 0 Å². The molecular weight excluding hydrogens is 260 g/mol. The summed E-state index contributed by atoms with van der Waals surface area (Å²) < 4.78 is 31.6. The number of carbonyl (C=O) groups is 1. The maximum atomic E-state index is 11.2. The number of aromatic hydroxyl groups is 1. The lowest BCUT2D eigenvalue weighted by atomic mass is 10.1. The first-order valence-corrected chi connectivity index (χ1v) is 6.87. The van der Waals surface area contributed by atoms with Gasteiger partial charge in [-0.05, 0) is 17.7 Å². The van der Waals surface area contributed by atoms with Crippen molar-refractivity contribution in [1.29, 1.82) is 0 Å². The molecule has 0 amide bonds. The van der Waals surface area contributed by atoms with Gasteiger partial charge in [0.25, 0.3) is 10.1 Å². The van der Waals surface area contributed by atoms with Crippen LogP contribution in [0.3, 0.4) is 0 Å². The summed E-state index contributed by atoms with van der Waals surface area (Å²) in [5.41, 5.74) is 0.462. The number of hydrogen-bond acceptors (Lipinski definition) is 6. The minimum Gasteiger partial charge on any atom is -0.508 e. The van der Waals surface area contributed by atoms with Crippen LogP contribution in [0.5, 0.6) is 5.75 Å². The van der Waals surface area contributed by atoms with E-state index in [9.17, 15) is 13.2 Å². The molecule has 0 spiro atoms. The summed E-state index contributed by atoms with van der Waals surface area (Å²) in [6.07, 6.45) is -0.292. The highest BCUT2D eigenvalue weighted by Gasteiger charge is 2.21. The third-order valence-corrected chi connectivity index (χ3v) is 2.72. The van der Waals surface area contributed by atoms with Gasteiger partial charge in [-0.25, -0.2) is 0 Å². The molecule has 0 saturated carbocycles. The number of ether oxygens (including phenoxy) is 1. The van der Waals surface area contributed by atoms with Gasteiger partial charge in [0.2, 0.25) is 0 Å². The van der Waals surface area contributed by atoms with Crippen molar-refractivity contribution in [2.45, 2.75) is 12.5 Å². The number of rotatable bonds is 5. The van der Waals surface area contributed by atoms with E-state index in [2.05, 4.69) is 4.74 Å². The summed E-state index contributed by atoms with van der Waals surface area (Å²) in [6.45, 7) is 0. The molecule has 1 rings (SSSR count). The monoisotopic (exact) mass is 274 g/mol. The number of hydrogen-bond donors (Lipinski definition) is 1. The molecule has 1 N–H and O–H groups in total. The summed E-state index contributed by atoms with van der Waals surface area (Å²) in [4.78, 5) is 11.2. The molecule has 0 aromatic heterocycles. The van der Waals surface area contributed by atoms with Crippen LogP contribution in [0.4, 0.5) is 0 Å². The average Bonchev–Trinajstić information content (AvgIpc) is 2.27. The van der Waals surface area contributed by atoms with Crippen LogP contribution in [0.1, 0.15) is 18.1 Å². The highest BCUT2D eigenvalue weighted by Crippen LogP contribution is 2.25. The second-order valence-electron chi connectivity index (χ2n) is 3.66. The molecule has 0 saturated heterocycles. The summed E-state index contributed by atoms with van der Waals surface area (Å²) in [5, 5.41) is 9.15. The molecule has 0 radical (unpaired) electrons. The topological polar surface area (TPSA) is 89.9 Å². The van der Waals surface area contributed by atoms with Crippen LogP contribution in [0.25, 0.3) is 0 Å². The highest BCUT2D eigenvalue weighted by molar-refractivity contribution is 7.86. The van der Waals surface area contributed by atoms with E-state index in [0.29, 0.717) is 5.56 Å². The fourth-order valence-electron chi connectivity index (χ4n) is 1.34. The first-order valence-electron chi connectivity index (χ1n) is 5.06. The number of phenols is 1. The molecule has 7 heteroatoms. The normalized spacial score (nSPS) is 13.0. The molecule has 1 aromatic carbocycles. The molecule has 0 aliphatic heterocycles. The third kappa shape index (κ3) is 4.72. The van der Waals surface area contributed by atoms with Gasteiger partial charge in [-0.2, -0.15) is 8.42 Å². The van der Waals surface area contributed by atoms with E-state index in [1.165, 1.54) is 31.4 Å². The summed E-state index contributed by atoms with van der Waals surface area (Å²) >= 11 is 0. The van der Waals surface area contributed by atoms with Crippen molar-refractivity contribution in [1.82, 2.24) is 0 Å². The van der Waals surface area contributed by atoms with Crippen molar-refractivity contribution >= 4 is 16.1 Å². The van der Waals surface area contributed by atoms with Crippen LogP contribution in [-0.2, 0) is 23.8 Å². The Morgan fingerprint density at radius 1 is 1.33 bits per heavy atom. The van der Waals surface area contributed by atoms with E-state index in [1.807, 2.05) is 0 Å². The Morgan fingerprint density at radius 3 is 2.33 bits per heavy atom. The predicted molar refractivity (Wildman–Crippen MR) is 63.4 cm³/mol. The van der Waals surface area contributed by atoms with E-state index >= 15 is 0 Å². The van der Waals surface area contributed by atoms with E-state index in [4.69, 9.17) is 9.29 Å². The second-order valence-corrected chi connectivity index (χ2v) is 5.26. The van der Waals surface area contributed by atoms with Gasteiger partial charge in [0.05, 0.1) is 19.8 Å². The lowest BCUT2D eigenvalue weighted by Crippen LogP contribution is -2.15. The number of benzene rings is 1. The van der Waals surface area contributed by atoms with Crippen LogP contribution in [-0.4, -0.2) is 32.9 Å². The molecule has 100 valence electrons. The van der Waals surface area contributed by atoms with Crippen LogP contribution >= 0.6 is 0 Å². The Kier molecular flexibility index (Phi) is 4.69. The van der Waals surface area contributed by atoms with Crippen molar-refractivity contribution in [3.8, 4) is 5.75 Å². The van der Waals surface area contributed by atoms with Crippen molar-refractivity contribution in [2.75, 3.05) is 13.4 Å². The van der Waals surface area contributed by atoms with Crippen molar-refractivity contribution in [2.24, 2.45) is 0 Å². The molecule has 0 heterocycles. The standard InChI is InChI=1S/C11H14O6S/c1-16-11(13)7-10(17-18(2,14)15)8-3-5-9(12)6-4-8/h3-6,10,12H,7H2,1-2H3. The molecule has 0 aliphatic rings. The van der Waals surface area contributed by atoms with E-state index in [1.54, 1.807) is 0 Å². The van der Waals surface area contributed by atoms with Crippen LogP contribution in [0.15, 0.2) is 24.3 Å². The SMILES string of the molecule is COC(=O)CC(OS(C)(=O)=O)c1ccc(O)cc1. The fourth-order valence-corrected chi connectivity index (χ4v) is 1.94. The zero-order valence-corrected chi connectivity index (χ0v) is 10.8. The second kappa shape index (κ2) is 5.83. The molecule has 0 bridgehead atoms. The maximum Gasteiger partial charge on any atom is 0.308 e. The van der Waals surface area contributed by atoms with Crippen LogP contribution in [0, 0.1) is 0 Å². The number of carbonyl (C=O) groups excluding carboxylic acids is 1. The Labute approximate surface area is 105 Å². The van der Waals surface area contributed by atoms with Gasteiger partial charge in [0.15, 0.2) is 0 Å². The zero-order valence-electron chi connectivity index (χ0n) is 9.99. The van der Waals surface area contributed by atoms with E-state index < -0.39 is 22.2 Å². The minimum absolute atomic E-state index is 0.0370. The van der Waals surface area contributed by atoms with Gasteiger partial charge in [-0.15, -0.1) is 0 Å². The Bertz CT molecular complexity index is 505. The molecule has 1 aromatic rings. The molecule has 1 unspecified atom stereocenters. The van der Waals surface area contributed by atoms with Crippen molar-refractivity contribution in [3.63, 3.8) is 0 Å². The Morgan fingerprint density at radius 2 is 1.89 bits per heavy atom. The van der Waals surface area contributed by atoms with Gasteiger partial charge < -0.3 is 9.84 Å². The van der Waals surface area contributed by atoms with Crippen molar-refractivity contribution < 1.29 is 27.2 Å². The highest BCUT2D eigenvalue weighted by atomic mass is 32.2. The molecule has 6 nitrogen and oxygen atoms in total. The van der Waals surface area contributed by atoms with Gasteiger partial charge >= 0.3 is 5.97 Å². The Balaban J connectivity index is 2.96. The summed E-state index contributed by atoms with van der Waals surface area (Å²) in [7, 11) is -2.50. The third-order valence-electron chi connectivity index (χ3n) is 2.14. The summed E-state index contributed by atoms with van der Waals surface area (Å²) in [5.74, 6) is -0.549. The quantitative estimate of drug-likeness (QED) is 0.635. The smallest absolute Gasteiger partial charge is 0.308 e. The van der Waals surface area contributed by atoms with Crippen molar-refractivity contribution in [3.05, 3.63) is 29.8 Å². The first-order chi connectivity index (χ1) is 8.31. The molecule has 0 fully saturated rings. The van der Waals surface area contributed by atoms with Crippen LogP contribution in [0.2, 0.25) is 0 Å². The van der Waals surface area contributed by atoms with Gasteiger partial charge in [-0.1, -0.05) is 12.1 Å². The summed E-state index contributed by atoms with van der Waals surface area (Å²) in [6, 6.07) is 5.72. The largest absolute Gasteiger partial charge is 0.508 e. The van der Waals surface area contributed by atoms with Gasteiger partial charge in [-0.3, -0.25) is 8.98 Å². The zero-order chi connectivity index (χ0) is 13.8. The van der Waals surface area contributed by atoms with E-state index in [0.717, 1.165) is 6.26 Å². The van der Waals surface area contributed by atoms with Gasteiger partial charge in [0, 0.05) is 0 Å². The number of esters is 1. The lowest BCUT2D eigenvalue weighted by molar-refractivity contribution is -0.142. The first kappa shape index (κ1) is 14.5. The molecule has 0 aliphatic carbocycles. The number of phenolic OH excluding ortho intramolecular Hbond substituents is 1. The molecular formula is C11H14O6S. The lowest BCUT2D eigenvalue weighted by Gasteiger charge is -2.15. The predicted octanol–water partition coefficient (Wildman–Crippen LogP) is 0.973. The minimum atomic E-state index is -3.71. The fraction of sp³-hybridized carbons (Fsp3) is 0.364. The Hall–Kier alpha value is -1.60. The maximum absolute atomic E-state index is 11.2.